The van der Waals surface area contributed by atoms with E-state index in [1.54, 1.807) is 6.92 Å². The molecule has 0 unspecified atom stereocenters. The molecule has 1 aliphatic carbocycles. The van der Waals surface area contributed by atoms with Gasteiger partial charge in [-0.3, -0.25) is 4.79 Å². The van der Waals surface area contributed by atoms with E-state index in [9.17, 15) is 4.79 Å². The van der Waals surface area contributed by atoms with E-state index in [0.717, 1.165) is 32.0 Å². The number of nitrogens with zero attached hydrogens (tertiary/aromatic N) is 1. The lowest BCUT2D eigenvalue weighted by Crippen LogP contribution is -2.49. The normalized spacial score (nSPS) is 24.8. The van der Waals surface area contributed by atoms with Crippen molar-refractivity contribution in [3.05, 3.63) is 0 Å². The minimum atomic E-state index is 0.229. The van der Waals surface area contributed by atoms with Gasteiger partial charge in [-0.1, -0.05) is 6.42 Å². The molecule has 1 N–H and O–H groups in total. The average molecular weight is 196 g/mol. The van der Waals surface area contributed by atoms with E-state index in [2.05, 4.69) is 5.32 Å². The minimum Gasteiger partial charge on any atom is -0.343 e. The highest BCUT2D eigenvalue weighted by Gasteiger charge is 2.25. The summed E-state index contributed by atoms with van der Waals surface area (Å²) in [6.07, 6.45) is 6.37. The molecule has 1 amide bonds. The number of hydrogen-bond donors (Lipinski definition) is 1. The quantitative estimate of drug-likeness (QED) is 0.718. The van der Waals surface area contributed by atoms with Gasteiger partial charge in [0.25, 0.3) is 0 Å². The van der Waals surface area contributed by atoms with E-state index in [1.165, 1.54) is 19.3 Å². The van der Waals surface area contributed by atoms with Gasteiger partial charge in [0, 0.05) is 32.1 Å². The summed E-state index contributed by atoms with van der Waals surface area (Å²) in [6.45, 7) is 3.55. The Morgan fingerprint density at radius 3 is 2.14 bits per heavy atom. The van der Waals surface area contributed by atoms with Crippen LogP contribution in [0, 0.1) is 0 Å². The van der Waals surface area contributed by atoms with Gasteiger partial charge >= 0.3 is 0 Å². The first-order valence-electron chi connectivity index (χ1n) is 5.77. The van der Waals surface area contributed by atoms with Crippen LogP contribution in [0.15, 0.2) is 0 Å². The Bertz CT molecular complexity index is 205. The molecule has 0 radical (unpaired) electrons. The van der Waals surface area contributed by atoms with Crippen LogP contribution >= 0.6 is 0 Å². The molecule has 1 aliphatic heterocycles. The predicted octanol–water partition coefficient (Wildman–Crippen LogP) is 1.14. The smallest absolute Gasteiger partial charge is 0.219 e. The van der Waals surface area contributed by atoms with Crippen molar-refractivity contribution < 1.29 is 4.79 Å². The van der Waals surface area contributed by atoms with Gasteiger partial charge in [0.2, 0.25) is 5.91 Å². The molecule has 3 heteroatoms. The van der Waals surface area contributed by atoms with E-state index >= 15 is 0 Å². The summed E-state index contributed by atoms with van der Waals surface area (Å²) >= 11 is 0. The predicted molar refractivity (Wildman–Crippen MR) is 56.1 cm³/mol. The zero-order valence-corrected chi connectivity index (χ0v) is 8.96. The first-order valence-corrected chi connectivity index (χ1v) is 5.77. The fourth-order valence-corrected chi connectivity index (χ4v) is 2.27. The Morgan fingerprint density at radius 2 is 1.71 bits per heavy atom. The van der Waals surface area contributed by atoms with Crippen LogP contribution in [0.4, 0.5) is 0 Å². The van der Waals surface area contributed by atoms with Crippen LogP contribution in [-0.2, 0) is 4.79 Å². The maximum atomic E-state index is 11.1. The lowest BCUT2D eigenvalue weighted by atomic mass is 9.91. The standard InChI is InChI=1S/C11H20N2O/c1-9(14)13-7-5-11(6-8-13)12-10-3-2-4-10/h10-12H,2-8H2,1H3. The Morgan fingerprint density at radius 1 is 1.14 bits per heavy atom. The molecule has 0 atom stereocenters. The second kappa shape index (κ2) is 4.30. The van der Waals surface area contributed by atoms with Crippen molar-refractivity contribution in [1.29, 1.82) is 0 Å². The maximum Gasteiger partial charge on any atom is 0.219 e. The van der Waals surface area contributed by atoms with Gasteiger partial charge in [-0.05, 0) is 25.7 Å². The van der Waals surface area contributed by atoms with Gasteiger partial charge in [-0.25, -0.2) is 0 Å². The third kappa shape index (κ3) is 2.27. The van der Waals surface area contributed by atoms with Gasteiger partial charge in [-0.15, -0.1) is 0 Å². The Kier molecular flexibility index (Phi) is 3.06. The molecular formula is C11H20N2O. The summed E-state index contributed by atoms with van der Waals surface area (Å²) in [4.78, 5) is 13.1. The molecular weight excluding hydrogens is 176 g/mol. The zero-order valence-electron chi connectivity index (χ0n) is 8.96. The second-order valence-corrected chi connectivity index (χ2v) is 4.57. The van der Waals surface area contributed by atoms with E-state index in [-0.39, 0.29) is 5.91 Å². The summed E-state index contributed by atoms with van der Waals surface area (Å²) in [5.41, 5.74) is 0. The van der Waals surface area contributed by atoms with E-state index in [4.69, 9.17) is 0 Å². The number of amides is 1. The molecule has 2 fully saturated rings. The van der Waals surface area contributed by atoms with Crippen molar-refractivity contribution in [1.82, 2.24) is 10.2 Å². The summed E-state index contributed by atoms with van der Waals surface area (Å²) in [5, 5.41) is 3.68. The fourth-order valence-electron chi connectivity index (χ4n) is 2.27. The molecule has 0 bridgehead atoms. The van der Waals surface area contributed by atoms with Crippen LogP contribution in [0.2, 0.25) is 0 Å². The molecule has 0 aromatic heterocycles. The Labute approximate surface area is 85.8 Å². The van der Waals surface area contributed by atoms with Gasteiger partial charge in [0.1, 0.15) is 0 Å². The van der Waals surface area contributed by atoms with Gasteiger partial charge in [0.15, 0.2) is 0 Å². The van der Waals surface area contributed by atoms with Crippen LogP contribution in [0.5, 0.6) is 0 Å². The molecule has 0 spiro atoms. The third-order valence-corrected chi connectivity index (χ3v) is 3.52. The molecule has 0 aromatic rings. The van der Waals surface area contributed by atoms with Crippen molar-refractivity contribution in [2.75, 3.05) is 13.1 Å². The summed E-state index contributed by atoms with van der Waals surface area (Å²) in [7, 11) is 0. The number of rotatable bonds is 2. The first-order chi connectivity index (χ1) is 6.75. The van der Waals surface area contributed by atoms with Crippen LogP contribution in [0.25, 0.3) is 0 Å². The third-order valence-electron chi connectivity index (χ3n) is 3.52. The van der Waals surface area contributed by atoms with Gasteiger partial charge in [0.05, 0.1) is 0 Å². The van der Waals surface area contributed by atoms with Crippen LogP contribution in [0.1, 0.15) is 39.0 Å². The fraction of sp³-hybridized carbons (Fsp3) is 0.909. The number of piperidine rings is 1. The summed E-state index contributed by atoms with van der Waals surface area (Å²) in [6, 6.07) is 1.44. The van der Waals surface area contributed by atoms with Crippen molar-refractivity contribution in [3.8, 4) is 0 Å². The van der Waals surface area contributed by atoms with Crippen molar-refractivity contribution in [2.45, 2.75) is 51.1 Å². The Hall–Kier alpha value is -0.570. The van der Waals surface area contributed by atoms with E-state index in [1.807, 2.05) is 4.90 Å². The SMILES string of the molecule is CC(=O)N1CCC(NC2CCC2)CC1. The monoisotopic (exact) mass is 196 g/mol. The van der Waals surface area contributed by atoms with Gasteiger partial charge in [-0.2, -0.15) is 0 Å². The molecule has 2 rings (SSSR count). The molecule has 1 saturated carbocycles. The van der Waals surface area contributed by atoms with Crippen molar-refractivity contribution >= 4 is 5.91 Å². The Balaban J connectivity index is 1.69. The van der Waals surface area contributed by atoms with Crippen molar-refractivity contribution in [2.24, 2.45) is 0 Å². The summed E-state index contributed by atoms with van der Waals surface area (Å²) < 4.78 is 0. The van der Waals surface area contributed by atoms with E-state index < -0.39 is 0 Å². The van der Waals surface area contributed by atoms with Crippen LogP contribution in [0.3, 0.4) is 0 Å². The molecule has 2 aliphatic rings. The minimum absolute atomic E-state index is 0.229. The highest BCUT2D eigenvalue weighted by atomic mass is 16.2. The number of hydrogen-bond acceptors (Lipinski definition) is 2. The number of likely N-dealkylation sites (tertiary alicyclic amines) is 1. The average Bonchev–Trinajstić information content (AvgIpc) is 2.12. The lowest BCUT2D eigenvalue weighted by Gasteiger charge is -2.36. The number of carbonyl (C=O) groups excluding carboxylic acids is 1. The van der Waals surface area contributed by atoms with Crippen LogP contribution in [-0.4, -0.2) is 36.0 Å². The molecule has 80 valence electrons. The topological polar surface area (TPSA) is 32.3 Å². The lowest BCUT2D eigenvalue weighted by molar-refractivity contribution is -0.129. The molecule has 1 heterocycles. The van der Waals surface area contributed by atoms with Gasteiger partial charge < -0.3 is 10.2 Å². The summed E-state index contributed by atoms with van der Waals surface area (Å²) in [5.74, 6) is 0.229. The number of nitrogens with one attached hydrogen (secondary N) is 1. The highest BCUT2D eigenvalue weighted by Crippen LogP contribution is 2.21. The highest BCUT2D eigenvalue weighted by molar-refractivity contribution is 5.73. The van der Waals surface area contributed by atoms with Crippen molar-refractivity contribution in [3.63, 3.8) is 0 Å². The molecule has 1 saturated heterocycles. The number of carbonyl (C=O) groups is 1. The second-order valence-electron chi connectivity index (χ2n) is 4.57. The molecule has 3 nitrogen and oxygen atoms in total. The molecule has 0 aromatic carbocycles. The first kappa shape index (κ1) is 9.97. The molecule has 14 heavy (non-hydrogen) atoms. The van der Waals surface area contributed by atoms with Crippen LogP contribution < -0.4 is 5.32 Å². The largest absolute Gasteiger partial charge is 0.343 e. The zero-order chi connectivity index (χ0) is 9.97. The maximum absolute atomic E-state index is 11.1. The van der Waals surface area contributed by atoms with E-state index in [0.29, 0.717) is 6.04 Å².